The van der Waals surface area contributed by atoms with Crippen molar-refractivity contribution in [2.45, 2.75) is 70.4 Å². The molecule has 0 heterocycles. The Kier molecular flexibility index (Phi) is 5.97. The van der Waals surface area contributed by atoms with Crippen molar-refractivity contribution in [3.63, 3.8) is 0 Å². The van der Waals surface area contributed by atoms with Crippen molar-refractivity contribution in [2.75, 3.05) is 14.1 Å². The van der Waals surface area contributed by atoms with E-state index in [1.54, 1.807) is 6.92 Å². The van der Waals surface area contributed by atoms with Gasteiger partial charge in [0.25, 0.3) is 0 Å². The molecule has 1 aromatic carbocycles. The summed E-state index contributed by atoms with van der Waals surface area (Å²) in [4.78, 5) is 2.14. The van der Waals surface area contributed by atoms with Gasteiger partial charge in [0, 0.05) is 6.04 Å². The minimum Gasteiger partial charge on any atom is -0.374 e. The molecule has 0 saturated heterocycles. The Hall–Kier alpha value is -1.07. The summed E-state index contributed by atoms with van der Waals surface area (Å²) in [6.45, 7) is 5.78. The van der Waals surface area contributed by atoms with Crippen molar-refractivity contribution < 1.29 is 17.9 Å². The molecule has 1 aliphatic carbocycles. The van der Waals surface area contributed by atoms with E-state index in [-0.39, 0.29) is 24.2 Å². The highest BCUT2D eigenvalue weighted by molar-refractivity contribution is 5.33. The maximum Gasteiger partial charge on any atom is 0.416 e. The van der Waals surface area contributed by atoms with Crippen LogP contribution in [-0.4, -0.2) is 37.2 Å². The summed E-state index contributed by atoms with van der Waals surface area (Å²) in [7, 11) is 4.03. The Morgan fingerprint density at radius 1 is 1.12 bits per heavy atom. The molecule has 1 saturated carbocycles. The molecule has 2 nitrogen and oxygen atoms in total. The molecule has 136 valence electrons. The van der Waals surface area contributed by atoms with E-state index in [1.807, 2.05) is 34.0 Å². The van der Waals surface area contributed by atoms with Crippen molar-refractivity contribution >= 4 is 0 Å². The number of nitrogens with zero attached hydrogens (tertiary/aromatic N) is 1. The number of benzene rings is 1. The first kappa shape index (κ1) is 19.3. The molecule has 1 aromatic rings. The van der Waals surface area contributed by atoms with Gasteiger partial charge in [-0.25, -0.2) is 0 Å². The first-order valence-electron chi connectivity index (χ1n) is 8.58. The Morgan fingerprint density at radius 3 is 2.33 bits per heavy atom. The summed E-state index contributed by atoms with van der Waals surface area (Å²) in [6, 6.07) is 4.67. The van der Waals surface area contributed by atoms with E-state index in [1.165, 1.54) is 12.1 Å². The molecule has 0 bridgehead atoms. The predicted molar refractivity (Wildman–Crippen MR) is 90.3 cm³/mol. The van der Waals surface area contributed by atoms with Gasteiger partial charge in [-0.3, -0.25) is 0 Å². The summed E-state index contributed by atoms with van der Waals surface area (Å²) in [5, 5.41) is 0. The van der Waals surface area contributed by atoms with E-state index >= 15 is 0 Å². The van der Waals surface area contributed by atoms with Gasteiger partial charge in [0.1, 0.15) is 0 Å². The van der Waals surface area contributed by atoms with Crippen LogP contribution >= 0.6 is 0 Å². The van der Waals surface area contributed by atoms with Gasteiger partial charge in [-0.1, -0.05) is 11.6 Å². The predicted octanol–water partition coefficient (Wildman–Crippen LogP) is 5.01. The van der Waals surface area contributed by atoms with E-state index in [0.29, 0.717) is 5.56 Å². The minimum absolute atomic E-state index is 0.142. The summed E-state index contributed by atoms with van der Waals surface area (Å²) in [6.07, 6.45) is -1.43. The van der Waals surface area contributed by atoms with E-state index in [9.17, 15) is 13.2 Å². The van der Waals surface area contributed by atoms with Crippen LogP contribution in [0.15, 0.2) is 18.2 Å². The molecule has 0 N–H and O–H groups in total. The van der Waals surface area contributed by atoms with Crippen molar-refractivity contribution in [1.29, 1.82) is 0 Å². The molecule has 0 aliphatic heterocycles. The van der Waals surface area contributed by atoms with Crippen molar-refractivity contribution in [3.8, 4) is 0 Å². The van der Waals surface area contributed by atoms with Crippen LogP contribution in [0, 0.1) is 6.92 Å². The Labute approximate surface area is 143 Å². The molecule has 0 unspecified atom stereocenters. The zero-order valence-corrected chi connectivity index (χ0v) is 15.2. The molecule has 0 spiro atoms. The largest absolute Gasteiger partial charge is 0.416 e. The van der Waals surface area contributed by atoms with Gasteiger partial charge in [0.05, 0.1) is 17.8 Å². The fraction of sp³-hybridized carbons (Fsp3) is 0.684. The van der Waals surface area contributed by atoms with Gasteiger partial charge in [-0.2, -0.15) is 13.2 Å². The third kappa shape index (κ3) is 4.73. The fourth-order valence-corrected chi connectivity index (χ4v) is 3.69. The third-order valence-electron chi connectivity index (χ3n) is 4.76. The van der Waals surface area contributed by atoms with E-state index < -0.39 is 11.7 Å². The molecular weight excluding hydrogens is 315 g/mol. The molecule has 0 amide bonds. The van der Waals surface area contributed by atoms with Crippen molar-refractivity contribution in [1.82, 2.24) is 4.90 Å². The number of likely N-dealkylation sites (N-methyl/N-ethyl adjacent to an activating group) is 1. The molecular formula is C19H28F3NO. The van der Waals surface area contributed by atoms with Gasteiger partial charge in [-0.05, 0) is 77.7 Å². The van der Waals surface area contributed by atoms with Crippen LogP contribution < -0.4 is 0 Å². The van der Waals surface area contributed by atoms with Crippen LogP contribution in [0.1, 0.15) is 55.7 Å². The standard InChI is InChI=1S/C19H28F3NO/c1-12(2)24-18-7-6-14(11-17(18)23(4)5)15-8-13(3)9-16(10-15)19(20,21)22/h8-10,12,14,17-18H,6-7,11H2,1-5H3/t14-,17-,18-/m0/s1. The fourth-order valence-electron chi connectivity index (χ4n) is 3.69. The van der Waals surface area contributed by atoms with Crippen molar-refractivity contribution in [2.24, 2.45) is 0 Å². The highest BCUT2D eigenvalue weighted by Crippen LogP contribution is 2.39. The molecule has 1 fully saturated rings. The van der Waals surface area contributed by atoms with Crippen LogP contribution in [-0.2, 0) is 10.9 Å². The number of rotatable bonds is 4. The normalized spacial score (nSPS) is 25.5. The van der Waals surface area contributed by atoms with Crippen LogP contribution in [0.25, 0.3) is 0 Å². The molecule has 2 rings (SSSR count). The van der Waals surface area contributed by atoms with Gasteiger partial charge in [0.2, 0.25) is 0 Å². The molecule has 0 radical (unpaired) electrons. The lowest BCUT2D eigenvalue weighted by Crippen LogP contribution is -2.45. The van der Waals surface area contributed by atoms with Gasteiger partial charge in [0.15, 0.2) is 0 Å². The number of aryl methyl sites for hydroxylation is 1. The SMILES string of the molecule is Cc1cc([C@H]2CC[C@H](OC(C)C)[C@@H](N(C)C)C2)cc(C(F)(F)F)c1. The molecule has 24 heavy (non-hydrogen) atoms. The van der Waals surface area contributed by atoms with E-state index in [0.717, 1.165) is 24.8 Å². The third-order valence-corrected chi connectivity index (χ3v) is 4.76. The number of halogens is 3. The molecule has 5 heteroatoms. The number of hydrogen-bond donors (Lipinski definition) is 0. The Morgan fingerprint density at radius 2 is 1.79 bits per heavy atom. The molecule has 3 atom stereocenters. The second kappa shape index (κ2) is 7.44. The topological polar surface area (TPSA) is 12.5 Å². The van der Waals surface area contributed by atoms with Crippen LogP contribution in [0.2, 0.25) is 0 Å². The molecule has 0 aromatic heterocycles. The van der Waals surface area contributed by atoms with Crippen LogP contribution in [0.5, 0.6) is 0 Å². The summed E-state index contributed by atoms with van der Waals surface area (Å²) < 4.78 is 45.3. The smallest absolute Gasteiger partial charge is 0.374 e. The summed E-state index contributed by atoms with van der Waals surface area (Å²) in [5.41, 5.74) is 0.929. The maximum absolute atomic E-state index is 13.1. The maximum atomic E-state index is 13.1. The van der Waals surface area contributed by atoms with Gasteiger partial charge < -0.3 is 9.64 Å². The van der Waals surface area contributed by atoms with Crippen molar-refractivity contribution in [3.05, 3.63) is 34.9 Å². The first-order chi connectivity index (χ1) is 11.1. The van der Waals surface area contributed by atoms with E-state index in [4.69, 9.17) is 4.74 Å². The number of hydrogen-bond acceptors (Lipinski definition) is 2. The molecule has 1 aliphatic rings. The number of alkyl halides is 3. The zero-order chi connectivity index (χ0) is 18.1. The first-order valence-corrected chi connectivity index (χ1v) is 8.58. The van der Waals surface area contributed by atoms with Crippen LogP contribution in [0.4, 0.5) is 13.2 Å². The van der Waals surface area contributed by atoms with E-state index in [2.05, 4.69) is 4.90 Å². The van der Waals surface area contributed by atoms with Gasteiger partial charge in [-0.15, -0.1) is 0 Å². The minimum atomic E-state index is -4.29. The average Bonchev–Trinajstić information content (AvgIpc) is 2.45. The monoisotopic (exact) mass is 343 g/mol. The summed E-state index contributed by atoms with van der Waals surface area (Å²) in [5.74, 6) is 0.144. The highest BCUT2D eigenvalue weighted by atomic mass is 19.4. The number of ether oxygens (including phenoxy) is 1. The lowest BCUT2D eigenvalue weighted by molar-refractivity contribution is -0.137. The second-order valence-corrected chi connectivity index (χ2v) is 7.39. The second-order valence-electron chi connectivity index (χ2n) is 7.39. The Bertz CT molecular complexity index is 554. The van der Waals surface area contributed by atoms with Crippen LogP contribution in [0.3, 0.4) is 0 Å². The zero-order valence-electron chi connectivity index (χ0n) is 15.2. The Balaban J connectivity index is 2.23. The lowest BCUT2D eigenvalue weighted by Gasteiger charge is -2.40. The quantitative estimate of drug-likeness (QED) is 0.762. The highest BCUT2D eigenvalue weighted by Gasteiger charge is 2.36. The average molecular weight is 343 g/mol. The lowest BCUT2D eigenvalue weighted by atomic mass is 9.78. The summed E-state index contributed by atoms with van der Waals surface area (Å²) >= 11 is 0. The van der Waals surface area contributed by atoms with Gasteiger partial charge >= 0.3 is 6.18 Å².